The molecular formula is C31H40BN3O6. The van der Waals surface area contributed by atoms with Crippen molar-refractivity contribution in [1.29, 1.82) is 0 Å². The summed E-state index contributed by atoms with van der Waals surface area (Å²) in [6, 6.07) is 14.3. The molecule has 2 aromatic carbocycles. The first kappa shape index (κ1) is 29.2. The van der Waals surface area contributed by atoms with Crippen molar-refractivity contribution in [1.82, 2.24) is 15.1 Å². The molecule has 0 saturated carbocycles. The number of nitrogens with one attached hydrogen (secondary N) is 1. The van der Waals surface area contributed by atoms with Gasteiger partial charge in [-0.1, -0.05) is 25.1 Å². The third-order valence-corrected chi connectivity index (χ3v) is 8.34. The molecule has 5 rings (SSSR count). The lowest BCUT2D eigenvalue weighted by atomic mass is 9.70. The molecule has 218 valence electrons. The van der Waals surface area contributed by atoms with Gasteiger partial charge in [0.2, 0.25) is 0 Å². The summed E-state index contributed by atoms with van der Waals surface area (Å²) in [4.78, 5) is 10.7. The van der Waals surface area contributed by atoms with E-state index in [1.54, 1.807) is 0 Å². The number of aromatic nitrogens is 2. The Morgan fingerprint density at radius 2 is 1.80 bits per heavy atom. The largest absolute Gasteiger partial charge is 0.492 e. The summed E-state index contributed by atoms with van der Waals surface area (Å²) in [5.41, 5.74) is 4.29. The number of carbonyl (C=O) groups is 1. The predicted octanol–water partition coefficient (Wildman–Crippen LogP) is 6.23. The maximum atomic E-state index is 10.7. The maximum absolute atomic E-state index is 10.7. The van der Waals surface area contributed by atoms with Gasteiger partial charge in [-0.25, -0.2) is 9.48 Å². The molecule has 2 aliphatic rings. The quantitative estimate of drug-likeness (QED) is 0.236. The Morgan fingerprint density at radius 3 is 2.44 bits per heavy atom. The van der Waals surface area contributed by atoms with Crippen LogP contribution >= 0.6 is 0 Å². The van der Waals surface area contributed by atoms with Crippen molar-refractivity contribution in [3.05, 3.63) is 65.3 Å². The number of rotatable bonds is 9. The Morgan fingerprint density at radius 1 is 1.10 bits per heavy atom. The lowest BCUT2D eigenvalue weighted by molar-refractivity contribution is -0.0366. The van der Waals surface area contributed by atoms with Crippen LogP contribution in [0, 0.1) is 0 Å². The third kappa shape index (κ3) is 6.15. The zero-order valence-electron chi connectivity index (χ0n) is 24.6. The first-order valence-corrected chi connectivity index (χ1v) is 14.5. The third-order valence-electron chi connectivity index (χ3n) is 8.34. The summed E-state index contributed by atoms with van der Waals surface area (Å²) >= 11 is 0. The first-order chi connectivity index (χ1) is 19.6. The molecule has 2 saturated heterocycles. The second-order valence-electron chi connectivity index (χ2n) is 11.6. The number of fused-ring (bicyclic) bond motifs is 1. The van der Waals surface area contributed by atoms with E-state index in [0.29, 0.717) is 5.75 Å². The minimum absolute atomic E-state index is 0.0312. The van der Waals surface area contributed by atoms with E-state index in [4.69, 9.17) is 29.0 Å². The SMILES string of the molecule is CC/C(B1OC(C)(C)C(C)(C)O1)=C(/c1ccc(OCCNC(=O)O)cc1)c1ccc2c(cnn2C2CCCCO2)c1. The first-order valence-electron chi connectivity index (χ1n) is 14.5. The molecule has 1 unspecified atom stereocenters. The van der Waals surface area contributed by atoms with E-state index in [9.17, 15) is 4.79 Å². The van der Waals surface area contributed by atoms with Crippen molar-refractivity contribution >= 4 is 29.7 Å². The van der Waals surface area contributed by atoms with E-state index < -0.39 is 24.4 Å². The van der Waals surface area contributed by atoms with Crippen LogP contribution in [0.15, 0.2) is 54.1 Å². The summed E-state index contributed by atoms with van der Waals surface area (Å²) in [7, 11) is -0.493. The molecule has 3 heterocycles. The topological polar surface area (TPSA) is 104 Å². The second-order valence-corrected chi connectivity index (χ2v) is 11.6. The van der Waals surface area contributed by atoms with Crippen LogP contribution in [0.2, 0.25) is 0 Å². The van der Waals surface area contributed by atoms with Gasteiger partial charge in [-0.3, -0.25) is 0 Å². The Labute approximate surface area is 241 Å². The molecule has 2 N–H and O–H groups in total. The van der Waals surface area contributed by atoms with Crippen LogP contribution in [0.4, 0.5) is 4.79 Å². The number of ether oxygens (including phenoxy) is 2. The fraction of sp³-hybridized carbons (Fsp3) is 0.484. The number of allylic oxidation sites excluding steroid dienone is 1. The van der Waals surface area contributed by atoms with E-state index in [1.165, 1.54) is 0 Å². The zero-order valence-corrected chi connectivity index (χ0v) is 24.6. The maximum Gasteiger partial charge on any atom is 0.491 e. The molecule has 2 fully saturated rings. The number of amides is 1. The molecule has 0 bridgehead atoms. The van der Waals surface area contributed by atoms with Crippen molar-refractivity contribution in [3.63, 3.8) is 0 Å². The molecule has 0 aliphatic carbocycles. The van der Waals surface area contributed by atoms with Gasteiger partial charge in [0.05, 0.1) is 29.5 Å². The van der Waals surface area contributed by atoms with Gasteiger partial charge in [-0.05, 0) is 99.8 Å². The van der Waals surface area contributed by atoms with E-state index >= 15 is 0 Å². The van der Waals surface area contributed by atoms with Crippen LogP contribution in [0.5, 0.6) is 5.75 Å². The number of nitrogens with zero attached hydrogens (tertiary/aromatic N) is 2. The van der Waals surface area contributed by atoms with Gasteiger partial charge in [-0.15, -0.1) is 0 Å². The van der Waals surface area contributed by atoms with Crippen LogP contribution < -0.4 is 10.1 Å². The van der Waals surface area contributed by atoms with Crippen molar-refractivity contribution in [2.24, 2.45) is 0 Å². The summed E-state index contributed by atoms with van der Waals surface area (Å²) in [6.07, 6.45) is 4.75. The monoisotopic (exact) mass is 561 g/mol. The highest BCUT2D eigenvalue weighted by molar-refractivity contribution is 6.56. The molecule has 1 atom stereocenters. The standard InChI is InChI=1S/C31H40BN3O6/c1-6-25(32-40-30(2,3)31(4,5)41-32)28(21-10-13-24(14-11-21)38-18-16-33-29(36)37)22-12-15-26-23(19-22)20-34-35(26)27-9-7-8-17-39-27/h10-15,19-20,27,33H,6-9,16-18H2,1-5H3,(H,36,37)/b28-25+. The Kier molecular flexibility index (Phi) is 8.45. The second kappa shape index (κ2) is 11.9. The molecule has 10 heteroatoms. The number of hydrogen-bond donors (Lipinski definition) is 2. The molecule has 41 heavy (non-hydrogen) atoms. The molecule has 9 nitrogen and oxygen atoms in total. The molecular weight excluding hydrogens is 521 g/mol. The van der Waals surface area contributed by atoms with Crippen LogP contribution in [0.1, 0.15) is 77.7 Å². The van der Waals surface area contributed by atoms with Gasteiger partial charge >= 0.3 is 13.2 Å². The van der Waals surface area contributed by atoms with Gasteiger partial charge in [0.25, 0.3) is 0 Å². The minimum Gasteiger partial charge on any atom is -0.492 e. The fourth-order valence-electron chi connectivity index (χ4n) is 5.38. The average molecular weight is 561 g/mol. The van der Waals surface area contributed by atoms with Gasteiger partial charge < -0.3 is 29.2 Å². The summed E-state index contributed by atoms with van der Waals surface area (Å²) in [5.74, 6) is 0.665. The van der Waals surface area contributed by atoms with Crippen molar-refractivity contribution in [2.75, 3.05) is 19.8 Å². The number of hydrogen-bond acceptors (Lipinski definition) is 6. The predicted molar refractivity (Wildman–Crippen MR) is 159 cm³/mol. The van der Waals surface area contributed by atoms with Gasteiger partial charge in [0, 0.05) is 12.0 Å². The van der Waals surface area contributed by atoms with E-state index in [0.717, 1.165) is 65.4 Å². The summed E-state index contributed by atoms with van der Waals surface area (Å²) in [6.45, 7) is 11.6. The van der Waals surface area contributed by atoms with Crippen LogP contribution in [0.25, 0.3) is 16.5 Å². The molecule has 0 spiro atoms. The van der Waals surface area contributed by atoms with E-state index in [2.05, 4.69) is 58.1 Å². The lowest BCUT2D eigenvalue weighted by Gasteiger charge is -2.32. The van der Waals surface area contributed by atoms with Crippen molar-refractivity contribution in [3.8, 4) is 5.75 Å². The average Bonchev–Trinajstić information content (AvgIpc) is 3.46. The molecule has 0 radical (unpaired) electrons. The van der Waals surface area contributed by atoms with Crippen molar-refractivity contribution in [2.45, 2.75) is 77.7 Å². The Hall–Kier alpha value is -3.34. The molecule has 1 aromatic heterocycles. The Bertz CT molecular complexity index is 1390. The van der Waals surface area contributed by atoms with Crippen LogP contribution in [0.3, 0.4) is 0 Å². The molecule has 2 aliphatic heterocycles. The minimum atomic E-state index is -1.07. The normalized spacial score (nSPS) is 20.6. The summed E-state index contributed by atoms with van der Waals surface area (Å²) < 4.78 is 26.8. The smallest absolute Gasteiger partial charge is 0.491 e. The van der Waals surface area contributed by atoms with Crippen molar-refractivity contribution < 1.29 is 28.7 Å². The highest BCUT2D eigenvalue weighted by Gasteiger charge is 2.52. The highest BCUT2D eigenvalue weighted by Crippen LogP contribution is 2.42. The van der Waals surface area contributed by atoms with Crippen LogP contribution in [-0.4, -0.2) is 59.1 Å². The fourth-order valence-corrected chi connectivity index (χ4v) is 5.38. The highest BCUT2D eigenvalue weighted by atomic mass is 16.7. The number of carboxylic acid groups (broad SMARTS) is 1. The summed E-state index contributed by atoms with van der Waals surface area (Å²) in [5, 5.41) is 16.8. The van der Waals surface area contributed by atoms with E-state index in [-0.39, 0.29) is 19.4 Å². The van der Waals surface area contributed by atoms with Gasteiger partial charge in [-0.2, -0.15) is 5.10 Å². The number of benzene rings is 2. The molecule has 1 amide bonds. The molecule has 3 aromatic rings. The van der Waals surface area contributed by atoms with E-state index in [1.807, 2.05) is 35.1 Å². The van der Waals surface area contributed by atoms with Gasteiger partial charge in [0.1, 0.15) is 12.4 Å². The van der Waals surface area contributed by atoms with Crippen LogP contribution in [-0.2, 0) is 14.0 Å². The lowest BCUT2D eigenvalue weighted by Crippen LogP contribution is -2.41. The van der Waals surface area contributed by atoms with Gasteiger partial charge in [0.15, 0.2) is 6.23 Å². The zero-order chi connectivity index (χ0) is 29.2. The Balaban J connectivity index is 1.53.